The Kier molecular flexibility index (Phi) is 5.20. The summed E-state index contributed by atoms with van der Waals surface area (Å²) >= 11 is 0. The number of aliphatic hydroxyl groups excluding tert-OH is 1. The number of pyridine rings is 1. The van der Waals surface area contributed by atoms with Crippen LogP contribution in [0.4, 0.5) is 8.78 Å². The van der Waals surface area contributed by atoms with Gasteiger partial charge in [0.25, 0.3) is 0 Å². The Labute approximate surface area is 189 Å². The lowest BCUT2D eigenvalue weighted by molar-refractivity contribution is -0.140. The van der Waals surface area contributed by atoms with Crippen molar-refractivity contribution in [2.24, 2.45) is 0 Å². The lowest BCUT2D eigenvalue weighted by Crippen LogP contribution is -2.44. The third kappa shape index (κ3) is 3.58. The molecular formula is C25H25F2N3O3. The molecular weight excluding hydrogens is 428 g/mol. The number of rotatable bonds is 4. The number of halogens is 2. The van der Waals surface area contributed by atoms with Gasteiger partial charge in [-0.2, -0.15) is 0 Å². The maximum absolute atomic E-state index is 13.9. The topological polar surface area (TPSA) is 78.5 Å². The summed E-state index contributed by atoms with van der Waals surface area (Å²) in [5.41, 5.74) is 2.45. The Balaban J connectivity index is 1.67. The molecule has 3 aromatic rings. The molecule has 2 aliphatic rings. The van der Waals surface area contributed by atoms with Crippen LogP contribution in [0.3, 0.4) is 0 Å². The van der Waals surface area contributed by atoms with Gasteiger partial charge in [-0.25, -0.2) is 18.6 Å². The fourth-order valence-corrected chi connectivity index (χ4v) is 4.95. The van der Waals surface area contributed by atoms with Crippen molar-refractivity contribution in [1.29, 1.82) is 0 Å². The summed E-state index contributed by atoms with van der Waals surface area (Å²) in [4.78, 5) is 22.5. The number of esters is 1. The monoisotopic (exact) mass is 453 g/mol. The van der Waals surface area contributed by atoms with Crippen LogP contribution >= 0.6 is 0 Å². The molecule has 1 atom stereocenters. The number of fused-ring (bicyclic) bond motifs is 4. The van der Waals surface area contributed by atoms with Gasteiger partial charge in [-0.15, -0.1) is 0 Å². The van der Waals surface area contributed by atoms with E-state index in [1.807, 2.05) is 12.1 Å². The number of nitrogens with one attached hydrogen (secondary N) is 1. The second-order valence-electron chi connectivity index (χ2n) is 9.12. The van der Waals surface area contributed by atoms with Gasteiger partial charge in [0, 0.05) is 35.3 Å². The molecule has 1 unspecified atom stereocenters. The number of hydrogen-bond donors (Lipinski definition) is 2. The van der Waals surface area contributed by atoms with E-state index in [4.69, 9.17) is 4.74 Å². The minimum Gasteiger partial charge on any atom is -0.459 e. The minimum absolute atomic E-state index is 0.202. The van der Waals surface area contributed by atoms with Gasteiger partial charge >= 0.3 is 5.97 Å². The number of carbonyl (C=O) groups is 1. The second-order valence-corrected chi connectivity index (χ2v) is 9.12. The van der Waals surface area contributed by atoms with Gasteiger partial charge in [-0.1, -0.05) is 12.5 Å². The molecule has 8 heteroatoms. The molecule has 172 valence electrons. The summed E-state index contributed by atoms with van der Waals surface area (Å²) in [7, 11) is 0. The highest BCUT2D eigenvalue weighted by molar-refractivity contribution is 6.17. The number of H-pyrrole nitrogens is 1. The van der Waals surface area contributed by atoms with E-state index in [1.165, 1.54) is 6.07 Å². The molecule has 0 radical (unpaired) electrons. The smallest absolute Gasteiger partial charge is 0.342 e. The van der Waals surface area contributed by atoms with Crippen molar-refractivity contribution in [3.8, 4) is 0 Å². The summed E-state index contributed by atoms with van der Waals surface area (Å²) in [6.07, 6.45) is 4.39. The first-order valence-electron chi connectivity index (χ1n) is 11.1. The molecule has 1 aliphatic heterocycles. The van der Waals surface area contributed by atoms with Crippen molar-refractivity contribution in [2.75, 3.05) is 6.54 Å². The maximum Gasteiger partial charge on any atom is 0.342 e. The van der Waals surface area contributed by atoms with Crippen LogP contribution in [-0.4, -0.2) is 38.6 Å². The molecule has 33 heavy (non-hydrogen) atoms. The number of ether oxygens (including phenoxy) is 1. The highest BCUT2D eigenvalue weighted by Gasteiger charge is 2.47. The molecule has 1 aromatic carbocycles. The molecule has 1 fully saturated rings. The highest BCUT2D eigenvalue weighted by atomic mass is 19.2. The molecule has 0 amide bonds. The number of carbonyl (C=O) groups excluding carboxylic acids is 1. The van der Waals surface area contributed by atoms with Crippen LogP contribution in [-0.2, 0) is 14.9 Å². The number of hydrogen-bond acceptors (Lipinski definition) is 5. The average Bonchev–Trinajstić information content (AvgIpc) is 3.05. The molecule has 3 heterocycles. The van der Waals surface area contributed by atoms with Gasteiger partial charge in [0.1, 0.15) is 5.65 Å². The number of benzene rings is 1. The van der Waals surface area contributed by atoms with E-state index in [9.17, 15) is 18.7 Å². The predicted octanol–water partition coefficient (Wildman–Crippen LogP) is 4.56. The molecule has 5 rings (SSSR count). The highest BCUT2D eigenvalue weighted by Crippen LogP contribution is 2.51. The van der Waals surface area contributed by atoms with Crippen LogP contribution < -0.4 is 0 Å². The molecule has 6 nitrogen and oxygen atoms in total. The van der Waals surface area contributed by atoms with Gasteiger partial charge in [0.05, 0.1) is 17.4 Å². The normalized spacial score (nSPS) is 18.0. The number of aromatic nitrogens is 2. The van der Waals surface area contributed by atoms with Crippen molar-refractivity contribution in [3.63, 3.8) is 0 Å². The van der Waals surface area contributed by atoms with Crippen molar-refractivity contribution >= 4 is 22.6 Å². The van der Waals surface area contributed by atoms with Gasteiger partial charge in [0.2, 0.25) is 0 Å². The van der Waals surface area contributed by atoms with E-state index >= 15 is 0 Å². The van der Waals surface area contributed by atoms with Gasteiger partial charge in [0.15, 0.2) is 17.9 Å². The Morgan fingerprint density at radius 2 is 2.03 bits per heavy atom. The Morgan fingerprint density at radius 1 is 1.24 bits per heavy atom. The van der Waals surface area contributed by atoms with Gasteiger partial charge < -0.3 is 19.7 Å². The standard InChI is InChI=1S/C25H25F2N3O3/c1-14(2)33-24(32)17-12-30(23(31)15-6-7-18(26)19(27)11-15)13-25(8-4-9-25)20-16-5-3-10-28-22(16)29-21(17)20/h3,5-7,10-12,14,23,31H,4,8-9,13H2,1-2H3,(H,28,29). The second kappa shape index (κ2) is 7.95. The Hall–Kier alpha value is -3.26. The van der Waals surface area contributed by atoms with E-state index in [0.717, 1.165) is 42.3 Å². The van der Waals surface area contributed by atoms with Crippen molar-refractivity contribution in [2.45, 2.75) is 50.9 Å². The van der Waals surface area contributed by atoms with Crippen LogP contribution in [0.2, 0.25) is 0 Å². The van der Waals surface area contributed by atoms with Crippen molar-refractivity contribution in [1.82, 2.24) is 14.9 Å². The number of nitrogens with zero attached hydrogens (tertiary/aromatic N) is 2. The summed E-state index contributed by atoms with van der Waals surface area (Å²) in [6.45, 7) is 3.94. The minimum atomic E-state index is -1.27. The van der Waals surface area contributed by atoms with Crippen LogP contribution in [0.15, 0.2) is 42.7 Å². The quantitative estimate of drug-likeness (QED) is 0.566. The van der Waals surface area contributed by atoms with Crippen LogP contribution in [0.25, 0.3) is 16.6 Å². The molecule has 0 saturated heterocycles. The van der Waals surface area contributed by atoms with Crippen LogP contribution in [0.1, 0.15) is 56.2 Å². The summed E-state index contributed by atoms with van der Waals surface area (Å²) in [5.74, 6) is -2.55. The molecule has 1 saturated carbocycles. The molecule has 1 spiro atoms. The van der Waals surface area contributed by atoms with E-state index in [2.05, 4.69) is 9.97 Å². The SMILES string of the molecule is CC(C)OC(=O)C1=CN(C(O)c2ccc(F)c(F)c2)CC2(CCC2)c2c1[nH]c1ncccc21. The zero-order chi connectivity index (χ0) is 23.3. The molecule has 0 bridgehead atoms. The largest absolute Gasteiger partial charge is 0.459 e. The fraction of sp³-hybridized carbons (Fsp3) is 0.360. The van der Waals surface area contributed by atoms with Crippen molar-refractivity contribution < 1.29 is 23.4 Å². The van der Waals surface area contributed by atoms with Gasteiger partial charge in [-0.3, -0.25) is 0 Å². The van der Waals surface area contributed by atoms with Crippen LogP contribution in [0, 0.1) is 11.6 Å². The zero-order valence-corrected chi connectivity index (χ0v) is 18.4. The van der Waals surface area contributed by atoms with E-state index in [-0.39, 0.29) is 22.7 Å². The number of aromatic amines is 1. The van der Waals surface area contributed by atoms with E-state index < -0.39 is 23.8 Å². The van der Waals surface area contributed by atoms with Crippen molar-refractivity contribution in [3.05, 3.63) is 71.2 Å². The molecule has 1 aliphatic carbocycles. The molecule has 2 aromatic heterocycles. The first kappa shape index (κ1) is 21.6. The summed E-state index contributed by atoms with van der Waals surface area (Å²) in [6, 6.07) is 7.16. The Bertz CT molecular complexity index is 1260. The first-order valence-corrected chi connectivity index (χ1v) is 11.1. The fourth-order valence-electron chi connectivity index (χ4n) is 4.95. The molecule has 2 N–H and O–H groups in total. The number of aliphatic hydroxyl groups is 1. The van der Waals surface area contributed by atoms with Crippen LogP contribution in [0.5, 0.6) is 0 Å². The average molecular weight is 453 g/mol. The predicted molar refractivity (Wildman–Crippen MR) is 119 cm³/mol. The van der Waals surface area contributed by atoms with Gasteiger partial charge in [-0.05, 0) is 56.5 Å². The lowest BCUT2D eigenvalue weighted by atomic mass is 9.63. The van der Waals surface area contributed by atoms with E-state index in [0.29, 0.717) is 17.9 Å². The summed E-state index contributed by atoms with van der Waals surface area (Å²) in [5, 5.41) is 12.1. The third-order valence-electron chi connectivity index (χ3n) is 6.58. The summed E-state index contributed by atoms with van der Waals surface area (Å²) < 4.78 is 32.9. The lowest BCUT2D eigenvalue weighted by Gasteiger charge is -2.45. The third-order valence-corrected chi connectivity index (χ3v) is 6.58. The first-order chi connectivity index (χ1) is 15.8. The van der Waals surface area contributed by atoms with E-state index in [1.54, 1.807) is 31.1 Å². The Morgan fingerprint density at radius 3 is 2.70 bits per heavy atom. The zero-order valence-electron chi connectivity index (χ0n) is 18.4. The maximum atomic E-state index is 13.9.